The summed E-state index contributed by atoms with van der Waals surface area (Å²) in [4.78, 5) is 25.1. The van der Waals surface area contributed by atoms with E-state index in [1.807, 2.05) is 31.2 Å². The molecule has 2 amide bonds. The molecule has 110 valence electrons. The van der Waals surface area contributed by atoms with Gasteiger partial charge < -0.3 is 16.4 Å². The first-order valence-corrected chi connectivity index (χ1v) is 6.61. The van der Waals surface area contributed by atoms with Gasteiger partial charge in [-0.3, -0.25) is 14.5 Å². The van der Waals surface area contributed by atoms with Crippen molar-refractivity contribution in [3.8, 4) is 0 Å². The monoisotopic (exact) mass is 278 g/mol. The quantitative estimate of drug-likeness (QED) is 0.662. The van der Waals surface area contributed by atoms with Crippen LogP contribution in [0.5, 0.6) is 0 Å². The first-order valence-electron chi connectivity index (χ1n) is 6.61. The van der Waals surface area contributed by atoms with Crippen LogP contribution in [-0.2, 0) is 16.1 Å². The largest absolute Gasteiger partial charge is 0.358 e. The molecule has 0 saturated carbocycles. The van der Waals surface area contributed by atoms with Crippen LogP contribution in [0.15, 0.2) is 24.3 Å². The number of rotatable bonds is 7. The lowest BCUT2D eigenvalue weighted by Gasteiger charge is -2.19. The number of hydrogen-bond donors (Lipinski definition) is 3. The van der Waals surface area contributed by atoms with Crippen LogP contribution in [0, 0.1) is 0 Å². The molecule has 0 heterocycles. The zero-order valence-electron chi connectivity index (χ0n) is 12.0. The maximum atomic E-state index is 12.0. The number of carbonyl (C=O) groups is 2. The van der Waals surface area contributed by atoms with Crippen LogP contribution in [0.25, 0.3) is 0 Å². The van der Waals surface area contributed by atoms with E-state index >= 15 is 0 Å². The highest BCUT2D eigenvalue weighted by molar-refractivity contribution is 5.93. The molecule has 6 nitrogen and oxygen atoms in total. The number of nitrogens with zero attached hydrogens (tertiary/aromatic N) is 1. The summed E-state index contributed by atoms with van der Waals surface area (Å²) in [7, 11) is 1.58. The number of benzene rings is 1. The van der Waals surface area contributed by atoms with E-state index in [2.05, 4.69) is 10.6 Å². The van der Waals surface area contributed by atoms with Crippen molar-refractivity contribution >= 4 is 17.5 Å². The lowest BCUT2D eigenvalue weighted by Crippen LogP contribution is -2.40. The van der Waals surface area contributed by atoms with E-state index in [1.165, 1.54) is 0 Å². The van der Waals surface area contributed by atoms with Gasteiger partial charge in [-0.1, -0.05) is 25.1 Å². The van der Waals surface area contributed by atoms with Gasteiger partial charge in [0.25, 0.3) is 0 Å². The number of amides is 2. The van der Waals surface area contributed by atoms with Gasteiger partial charge in [-0.15, -0.1) is 0 Å². The summed E-state index contributed by atoms with van der Waals surface area (Å²) in [5.41, 5.74) is 7.23. The van der Waals surface area contributed by atoms with Gasteiger partial charge in [0.15, 0.2) is 0 Å². The normalized spacial score (nSPS) is 10.4. The summed E-state index contributed by atoms with van der Waals surface area (Å²) in [6.07, 6.45) is 0. The number of nitrogens with one attached hydrogen (secondary N) is 2. The molecule has 20 heavy (non-hydrogen) atoms. The molecule has 0 aliphatic heterocycles. The fourth-order valence-electron chi connectivity index (χ4n) is 1.77. The van der Waals surface area contributed by atoms with Crippen LogP contribution in [-0.4, -0.2) is 43.4 Å². The number of nitrogens with two attached hydrogens (primary N) is 1. The highest BCUT2D eigenvalue weighted by Gasteiger charge is 2.13. The summed E-state index contributed by atoms with van der Waals surface area (Å²) in [6.45, 7) is 3.28. The predicted molar refractivity (Wildman–Crippen MR) is 79.1 cm³/mol. The van der Waals surface area contributed by atoms with Crippen molar-refractivity contribution in [3.63, 3.8) is 0 Å². The minimum Gasteiger partial charge on any atom is -0.358 e. The van der Waals surface area contributed by atoms with Crippen molar-refractivity contribution in [2.75, 3.05) is 32.0 Å². The zero-order valence-corrected chi connectivity index (χ0v) is 12.0. The van der Waals surface area contributed by atoms with Crippen LogP contribution in [0.3, 0.4) is 0 Å². The molecule has 0 bridgehead atoms. The third-order valence-electron chi connectivity index (χ3n) is 2.97. The highest BCUT2D eigenvalue weighted by Crippen LogP contribution is 2.13. The lowest BCUT2D eigenvalue weighted by molar-refractivity contribution is -0.123. The first kappa shape index (κ1) is 16.1. The van der Waals surface area contributed by atoms with Crippen LogP contribution < -0.4 is 16.4 Å². The van der Waals surface area contributed by atoms with E-state index in [0.717, 1.165) is 11.3 Å². The Labute approximate surface area is 119 Å². The summed E-state index contributed by atoms with van der Waals surface area (Å²) in [5, 5.41) is 5.37. The van der Waals surface area contributed by atoms with E-state index in [0.29, 0.717) is 13.1 Å². The van der Waals surface area contributed by atoms with Gasteiger partial charge in [0.05, 0.1) is 13.1 Å². The van der Waals surface area contributed by atoms with E-state index in [9.17, 15) is 9.59 Å². The molecular weight excluding hydrogens is 256 g/mol. The van der Waals surface area contributed by atoms with Gasteiger partial charge in [0, 0.05) is 19.3 Å². The molecule has 0 aromatic heterocycles. The van der Waals surface area contributed by atoms with Gasteiger partial charge in [-0.25, -0.2) is 0 Å². The van der Waals surface area contributed by atoms with Crippen molar-refractivity contribution in [1.29, 1.82) is 0 Å². The van der Waals surface area contributed by atoms with E-state index < -0.39 is 0 Å². The Morgan fingerprint density at radius 1 is 1.20 bits per heavy atom. The van der Waals surface area contributed by atoms with Gasteiger partial charge >= 0.3 is 0 Å². The molecule has 0 radical (unpaired) electrons. The van der Waals surface area contributed by atoms with E-state index in [1.54, 1.807) is 11.9 Å². The third kappa shape index (κ3) is 4.99. The summed E-state index contributed by atoms with van der Waals surface area (Å²) in [5.74, 6) is -0.265. The standard InChI is InChI=1S/C14H22N4O2/c1-3-18(9-13(19)16-2)10-14(20)17-12-7-5-4-6-11(12)8-15/h4-7H,3,8-10,15H2,1-2H3,(H,16,19)(H,17,20). The average molecular weight is 278 g/mol. The molecular formula is C14H22N4O2. The Morgan fingerprint density at radius 3 is 2.45 bits per heavy atom. The number of anilines is 1. The maximum absolute atomic E-state index is 12.0. The molecule has 6 heteroatoms. The second-order valence-corrected chi connectivity index (χ2v) is 4.39. The molecule has 0 saturated heterocycles. The average Bonchev–Trinajstić information content (AvgIpc) is 2.46. The van der Waals surface area contributed by atoms with Crippen molar-refractivity contribution in [3.05, 3.63) is 29.8 Å². The molecule has 1 aromatic carbocycles. The molecule has 0 atom stereocenters. The molecule has 0 unspecified atom stereocenters. The zero-order chi connectivity index (χ0) is 15.0. The lowest BCUT2D eigenvalue weighted by atomic mass is 10.2. The number of para-hydroxylation sites is 1. The molecule has 1 rings (SSSR count). The molecule has 0 aliphatic carbocycles. The predicted octanol–water partition coefficient (Wildman–Crippen LogP) is 0.152. The fourth-order valence-corrected chi connectivity index (χ4v) is 1.77. The van der Waals surface area contributed by atoms with Gasteiger partial charge in [-0.05, 0) is 18.2 Å². The van der Waals surface area contributed by atoms with Crippen LogP contribution in [0.4, 0.5) is 5.69 Å². The van der Waals surface area contributed by atoms with Crippen molar-refractivity contribution in [2.45, 2.75) is 13.5 Å². The molecule has 0 aliphatic rings. The fraction of sp³-hybridized carbons (Fsp3) is 0.429. The van der Waals surface area contributed by atoms with Crippen molar-refractivity contribution in [1.82, 2.24) is 10.2 Å². The maximum Gasteiger partial charge on any atom is 0.238 e. The SMILES string of the molecule is CCN(CC(=O)NC)CC(=O)Nc1ccccc1CN. The number of carbonyl (C=O) groups excluding carboxylic acids is 2. The summed E-state index contributed by atoms with van der Waals surface area (Å²) < 4.78 is 0. The molecule has 0 spiro atoms. The molecule has 4 N–H and O–H groups in total. The number of likely N-dealkylation sites (N-methyl/N-ethyl adjacent to an activating group) is 2. The van der Waals surface area contributed by atoms with E-state index in [-0.39, 0.29) is 24.9 Å². The summed E-state index contributed by atoms with van der Waals surface area (Å²) >= 11 is 0. The Hall–Kier alpha value is -1.92. The van der Waals surface area contributed by atoms with Crippen molar-refractivity contribution < 1.29 is 9.59 Å². The Kier molecular flexibility index (Phi) is 6.69. The molecule has 0 fully saturated rings. The van der Waals surface area contributed by atoms with E-state index in [4.69, 9.17) is 5.73 Å². The van der Waals surface area contributed by atoms with Crippen molar-refractivity contribution in [2.24, 2.45) is 5.73 Å². The van der Waals surface area contributed by atoms with Gasteiger partial charge in [0.2, 0.25) is 11.8 Å². The third-order valence-corrected chi connectivity index (χ3v) is 2.97. The smallest absolute Gasteiger partial charge is 0.238 e. The summed E-state index contributed by atoms with van der Waals surface area (Å²) in [6, 6.07) is 7.41. The Balaban J connectivity index is 2.59. The van der Waals surface area contributed by atoms with Gasteiger partial charge in [-0.2, -0.15) is 0 Å². The van der Waals surface area contributed by atoms with Crippen LogP contribution in [0.1, 0.15) is 12.5 Å². The molecule has 1 aromatic rings. The van der Waals surface area contributed by atoms with Crippen LogP contribution >= 0.6 is 0 Å². The second kappa shape index (κ2) is 8.29. The topological polar surface area (TPSA) is 87.5 Å². The number of hydrogen-bond acceptors (Lipinski definition) is 4. The Morgan fingerprint density at radius 2 is 1.85 bits per heavy atom. The first-order chi connectivity index (χ1) is 9.60. The van der Waals surface area contributed by atoms with Gasteiger partial charge in [0.1, 0.15) is 0 Å². The minimum absolute atomic E-state index is 0.109. The minimum atomic E-state index is -0.156. The Bertz CT molecular complexity index is 462. The van der Waals surface area contributed by atoms with Crippen LogP contribution in [0.2, 0.25) is 0 Å². The highest BCUT2D eigenvalue weighted by atomic mass is 16.2. The second-order valence-electron chi connectivity index (χ2n) is 4.39.